The molecule has 12 nitrogen and oxygen atoms in total. The van der Waals surface area contributed by atoms with E-state index in [4.69, 9.17) is 23.5 Å². The number of hydrogen-bond acceptors (Lipinski definition) is 11. The number of esters is 1. The predicted molar refractivity (Wildman–Crippen MR) is 216 cm³/mol. The molecule has 0 aromatic rings. The van der Waals surface area contributed by atoms with Crippen LogP contribution in [-0.2, 0) is 38.3 Å². The van der Waals surface area contributed by atoms with Gasteiger partial charge in [-0.2, -0.15) is 8.42 Å². The molecule has 0 radical (unpaired) electrons. The summed E-state index contributed by atoms with van der Waals surface area (Å²) >= 11 is 0. The second-order valence-corrected chi connectivity index (χ2v) is 14.5. The first-order chi connectivity index (χ1) is 26.6. The zero-order chi connectivity index (χ0) is 40.4. The molecule has 0 aliphatic carbocycles. The van der Waals surface area contributed by atoms with Crippen molar-refractivity contribution in [2.45, 2.75) is 160 Å². The standard InChI is InChI=1S/C42H70O12S/c1-3-5-7-9-11-13-15-16-17-18-19-20-21-22-24-26-28-30-32-50-34-36(52-38(44)31-29-27-25-23-14-12-10-8-6-4-2)35-51-42-40(46)41(54-55(47,48)49)39(45)37(33-43)53-42/h5,7-8,10-11,13,16-17,19-20,22,24,36-37,39-43,45-46H,3-4,6,9,12,14-15,18,21,23,25-35H2,1-2H3,(H,47,48,49)/b7-5-,10-8-,13-11-,17-16-,20-19-,24-22-. The second kappa shape index (κ2) is 33.7. The fourth-order valence-corrected chi connectivity index (χ4v) is 6.03. The molecule has 1 aliphatic rings. The summed E-state index contributed by atoms with van der Waals surface area (Å²) in [5.41, 5.74) is 0. The summed E-state index contributed by atoms with van der Waals surface area (Å²) in [4.78, 5) is 12.7. The molecule has 1 saturated heterocycles. The maximum absolute atomic E-state index is 12.7. The van der Waals surface area contributed by atoms with Crippen molar-refractivity contribution in [2.75, 3.05) is 26.4 Å². The van der Waals surface area contributed by atoms with Crippen molar-refractivity contribution in [2.24, 2.45) is 0 Å². The van der Waals surface area contributed by atoms with Gasteiger partial charge in [0.15, 0.2) is 6.29 Å². The van der Waals surface area contributed by atoms with E-state index in [9.17, 15) is 28.5 Å². The maximum Gasteiger partial charge on any atom is 0.397 e. The Hall–Kier alpha value is -2.46. The van der Waals surface area contributed by atoms with Crippen LogP contribution in [0.4, 0.5) is 0 Å². The Morgan fingerprint density at radius 2 is 1.25 bits per heavy atom. The molecule has 0 spiro atoms. The lowest BCUT2D eigenvalue weighted by Gasteiger charge is -2.41. The second-order valence-electron chi connectivity index (χ2n) is 13.5. The summed E-state index contributed by atoms with van der Waals surface area (Å²) < 4.78 is 58.7. The molecular formula is C42H70O12S. The van der Waals surface area contributed by atoms with Gasteiger partial charge in [-0.25, -0.2) is 4.18 Å². The fraction of sp³-hybridized carbons (Fsp3) is 0.690. The van der Waals surface area contributed by atoms with Gasteiger partial charge in [0.2, 0.25) is 0 Å². The van der Waals surface area contributed by atoms with Gasteiger partial charge in [0.1, 0.15) is 30.5 Å². The molecule has 6 atom stereocenters. The molecule has 1 fully saturated rings. The Morgan fingerprint density at radius 1 is 0.709 bits per heavy atom. The minimum absolute atomic E-state index is 0.00121. The Bertz CT molecular complexity index is 1240. The van der Waals surface area contributed by atoms with Gasteiger partial charge in [0.05, 0.1) is 19.8 Å². The number of carbonyl (C=O) groups excluding carboxylic acids is 1. The summed E-state index contributed by atoms with van der Waals surface area (Å²) in [5.74, 6) is -0.431. The largest absolute Gasteiger partial charge is 0.457 e. The van der Waals surface area contributed by atoms with Crippen molar-refractivity contribution in [3.63, 3.8) is 0 Å². The Morgan fingerprint density at radius 3 is 1.85 bits per heavy atom. The smallest absolute Gasteiger partial charge is 0.397 e. The zero-order valence-corrected chi connectivity index (χ0v) is 34.0. The molecule has 6 unspecified atom stereocenters. The summed E-state index contributed by atoms with van der Waals surface area (Å²) in [6, 6.07) is 0. The highest BCUT2D eigenvalue weighted by Crippen LogP contribution is 2.26. The zero-order valence-electron chi connectivity index (χ0n) is 33.2. The number of carbonyl (C=O) groups is 1. The number of allylic oxidation sites excluding steroid dienone is 12. The molecule has 1 heterocycles. The van der Waals surface area contributed by atoms with Crippen LogP contribution < -0.4 is 0 Å². The lowest BCUT2D eigenvalue weighted by molar-refractivity contribution is -0.301. The minimum atomic E-state index is -5.07. The van der Waals surface area contributed by atoms with Gasteiger partial charge < -0.3 is 34.3 Å². The lowest BCUT2D eigenvalue weighted by atomic mass is 9.99. The maximum atomic E-state index is 12.7. The highest BCUT2D eigenvalue weighted by molar-refractivity contribution is 7.80. The average Bonchev–Trinajstić information content (AvgIpc) is 3.15. The van der Waals surface area contributed by atoms with Crippen molar-refractivity contribution >= 4 is 16.4 Å². The number of ether oxygens (including phenoxy) is 4. The van der Waals surface area contributed by atoms with Gasteiger partial charge in [-0.05, 0) is 77.0 Å². The number of aliphatic hydroxyl groups is 3. The highest BCUT2D eigenvalue weighted by Gasteiger charge is 2.48. The number of aliphatic hydroxyl groups excluding tert-OH is 3. The van der Waals surface area contributed by atoms with Gasteiger partial charge >= 0.3 is 16.4 Å². The molecule has 316 valence electrons. The van der Waals surface area contributed by atoms with Crippen LogP contribution in [0.2, 0.25) is 0 Å². The van der Waals surface area contributed by atoms with E-state index in [-0.39, 0.29) is 19.6 Å². The Labute approximate surface area is 331 Å². The molecule has 55 heavy (non-hydrogen) atoms. The summed E-state index contributed by atoms with van der Waals surface area (Å²) in [6.07, 6.45) is 32.4. The number of unbranched alkanes of at least 4 members (excludes halogenated alkanes) is 8. The van der Waals surface area contributed by atoms with Crippen molar-refractivity contribution in [1.82, 2.24) is 0 Å². The fourth-order valence-electron chi connectivity index (χ4n) is 5.52. The van der Waals surface area contributed by atoms with Gasteiger partial charge in [-0.15, -0.1) is 0 Å². The van der Waals surface area contributed by atoms with Crippen LogP contribution in [0.3, 0.4) is 0 Å². The summed E-state index contributed by atoms with van der Waals surface area (Å²) in [5, 5.41) is 30.5. The van der Waals surface area contributed by atoms with Crippen LogP contribution in [-0.4, -0.2) is 97.5 Å². The van der Waals surface area contributed by atoms with E-state index in [2.05, 4.69) is 90.9 Å². The molecule has 0 amide bonds. The number of rotatable bonds is 33. The third kappa shape index (κ3) is 27.7. The highest BCUT2D eigenvalue weighted by atomic mass is 32.3. The average molecular weight is 799 g/mol. The van der Waals surface area contributed by atoms with Crippen LogP contribution in [0.5, 0.6) is 0 Å². The first-order valence-corrected chi connectivity index (χ1v) is 21.6. The van der Waals surface area contributed by atoms with Crippen LogP contribution in [0.25, 0.3) is 0 Å². The molecule has 13 heteroatoms. The van der Waals surface area contributed by atoms with Gasteiger partial charge in [0.25, 0.3) is 0 Å². The molecule has 1 aliphatic heterocycles. The molecule has 0 bridgehead atoms. The molecule has 0 aromatic carbocycles. The molecule has 1 rings (SSSR count). The first kappa shape index (κ1) is 50.6. The van der Waals surface area contributed by atoms with E-state index in [0.29, 0.717) is 13.0 Å². The van der Waals surface area contributed by atoms with Crippen LogP contribution in [0.15, 0.2) is 72.9 Å². The van der Waals surface area contributed by atoms with Crippen molar-refractivity contribution in [1.29, 1.82) is 0 Å². The summed E-state index contributed by atoms with van der Waals surface area (Å²) in [7, 11) is -5.07. The van der Waals surface area contributed by atoms with Gasteiger partial charge in [-0.3, -0.25) is 9.35 Å². The SMILES string of the molecule is CC/C=C\C/C=C\C/C=C\C/C=C\C/C=C\CCCCOCC(COC1OC(CO)C(O)C(OS(=O)(=O)O)C1O)OC(=O)CCCCCCC/C=C\CCC. The van der Waals surface area contributed by atoms with Crippen molar-refractivity contribution < 1.29 is 56.2 Å². The van der Waals surface area contributed by atoms with E-state index < -0.39 is 59.8 Å². The van der Waals surface area contributed by atoms with Crippen LogP contribution >= 0.6 is 0 Å². The Balaban J connectivity index is 2.51. The summed E-state index contributed by atoms with van der Waals surface area (Å²) in [6.45, 7) is 3.65. The van der Waals surface area contributed by atoms with E-state index in [1.807, 2.05) is 0 Å². The van der Waals surface area contributed by atoms with E-state index in [1.165, 1.54) is 0 Å². The van der Waals surface area contributed by atoms with E-state index >= 15 is 0 Å². The van der Waals surface area contributed by atoms with Gasteiger partial charge in [0, 0.05) is 13.0 Å². The monoisotopic (exact) mass is 798 g/mol. The first-order valence-electron chi connectivity index (χ1n) is 20.2. The van der Waals surface area contributed by atoms with Crippen LogP contribution in [0.1, 0.15) is 123 Å². The molecular weight excluding hydrogens is 729 g/mol. The molecule has 0 saturated carbocycles. The predicted octanol–water partition coefficient (Wildman–Crippen LogP) is 7.57. The normalized spacial score (nSPS) is 21.7. The minimum Gasteiger partial charge on any atom is -0.457 e. The quantitative estimate of drug-likeness (QED) is 0.0222. The lowest BCUT2D eigenvalue weighted by Crippen LogP contribution is -2.60. The van der Waals surface area contributed by atoms with E-state index in [0.717, 1.165) is 96.3 Å². The van der Waals surface area contributed by atoms with Crippen molar-refractivity contribution in [3.05, 3.63) is 72.9 Å². The van der Waals surface area contributed by atoms with Crippen molar-refractivity contribution in [3.8, 4) is 0 Å². The topological polar surface area (TPSA) is 178 Å². The van der Waals surface area contributed by atoms with Crippen LogP contribution in [0, 0.1) is 0 Å². The Kier molecular flexibility index (Phi) is 30.9. The molecule has 0 aromatic heterocycles. The van der Waals surface area contributed by atoms with Gasteiger partial charge in [-0.1, -0.05) is 112 Å². The third-order valence-electron chi connectivity index (χ3n) is 8.54. The third-order valence-corrected chi connectivity index (χ3v) is 9.01. The number of hydrogen-bond donors (Lipinski definition) is 4. The van der Waals surface area contributed by atoms with E-state index in [1.54, 1.807) is 0 Å². The molecule has 4 N–H and O–H groups in total.